The Balaban J connectivity index is 1.54. The van der Waals surface area contributed by atoms with Crippen LogP contribution in [-0.2, 0) is 27.9 Å². The first-order valence-corrected chi connectivity index (χ1v) is 12.2. The number of nitrogens with zero attached hydrogens (tertiary/aromatic N) is 3. The van der Waals surface area contributed by atoms with Crippen molar-refractivity contribution in [1.82, 2.24) is 9.55 Å². The second kappa shape index (κ2) is 7.81. The van der Waals surface area contributed by atoms with Crippen LogP contribution < -0.4 is 4.90 Å². The zero-order valence-electron chi connectivity index (χ0n) is 19.7. The highest BCUT2D eigenvalue weighted by Crippen LogP contribution is 2.61. The summed E-state index contributed by atoms with van der Waals surface area (Å²) in [6, 6.07) is 14.0. The number of carboxylic acid groups (broad SMARTS) is 1. The molecule has 2 saturated carbocycles. The Morgan fingerprint density at radius 2 is 1.86 bits per heavy atom. The quantitative estimate of drug-likeness (QED) is 0.586. The van der Waals surface area contributed by atoms with Crippen molar-refractivity contribution in [2.75, 3.05) is 12.0 Å². The summed E-state index contributed by atoms with van der Waals surface area (Å²) in [5.74, 6) is 0.226. The monoisotopic (exact) mass is 475 g/mol. The Labute approximate surface area is 203 Å². The van der Waals surface area contributed by atoms with Gasteiger partial charge in [-0.25, -0.2) is 9.78 Å². The van der Waals surface area contributed by atoms with Crippen molar-refractivity contribution in [2.24, 2.45) is 5.41 Å². The van der Waals surface area contributed by atoms with E-state index in [0.717, 1.165) is 40.8 Å². The fourth-order valence-corrected chi connectivity index (χ4v) is 6.79. The van der Waals surface area contributed by atoms with Gasteiger partial charge in [0.2, 0.25) is 0 Å². The van der Waals surface area contributed by atoms with Crippen LogP contribution in [0.1, 0.15) is 55.5 Å². The smallest absolute Gasteiger partial charge is 0.416 e. The van der Waals surface area contributed by atoms with E-state index in [1.165, 1.54) is 12.0 Å². The van der Waals surface area contributed by atoms with Crippen molar-refractivity contribution in [3.63, 3.8) is 0 Å². The Hall–Kier alpha value is -3.39. The molecule has 3 aromatic rings. The zero-order valence-corrected chi connectivity index (χ0v) is 19.7. The molecule has 1 amide bonds. The van der Waals surface area contributed by atoms with E-state index in [2.05, 4.69) is 16.7 Å². The number of aliphatic hydroxyl groups excluding tert-OH is 1. The van der Waals surface area contributed by atoms with Crippen LogP contribution in [0.25, 0.3) is 11.0 Å². The van der Waals surface area contributed by atoms with Crippen molar-refractivity contribution in [3.05, 3.63) is 59.4 Å². The van der Waals surface area contributed by atoms with E-state index in [0.29, 0.717) is 44.2 Å². The molecule has 8 heteroatoms. The molecule has 0 unspecified atom stereocenters. The van der Waals surface area contributed by atoms with E-state index < -0.39 is 23.7 Å². The third-order valence-corrected chi connectivity index (χ3v) is 8.50. The van der Waals surface area contributed by atoms with Gasteiger partial charge in [-0.3, -0.25) is 9.69 Å². The fraction of sp³-hybridized carbons (Fsp3) is 0.444. The second-order valence-corrected chi connectivity index (χ2v) is 10.3. The second-order valence-electron chi connectivity index (χ2n) is 10.3. The lowest BCUT2D eigenvalue weighted by atomic mass is 9.84. The summed E-state index contributed by atoms with van der Waals surface area (Å²) in [5.41, 5.74) is 3.55. The molecule has 2 aromatic carbocycles. The predicted octanol–water partition coefficient (Wildman–Crippen LogP) is 4.21. The number of carbonyl (C=O) groups is 2. The maximum absolute atomic E-state index is 12.5. The molecule has 3 aliphatic rings. The van der Waals surface area contributed by atoms with Gasteiger partial charge in [0.15, 0.2) is 0 Å². The fourth-order valence-electron chi connectivity index (χ4n) is 6.79. The molecule has 1 atom stereocenters. The van der Waals surface area contributed by atoms with Crippen LogP contribution in [0.5, 0.6) is 0 Å². The van der Waals surface area contributed by atoms with Gasteiger partial charge in [-0.1, -0.05) is 30.3 Å². The lowest BCUT2D eigenvalue weighted by Crippen LogP contribution is -2.43. The predicted molar refractivity (Wildman–Crippen MR) is 129 cm³/mol. The molecule has 6 rings (SSSR count). The van der Waals surface area contributed by atoms with Crippen LogP contribution in [-0.4, -0.2) is 45.2 Å². The minimum Gasteiger partial charge on any atom is -0.481 e. The molecule has 0 saturated heterocycles. The topological polar surface area (TPSA) is 105 Å². The van der Waals surface area contributed by atoms with Crippen LogP contribution in [0.4, 0.5) is 10.5 Å². The molecule has 8 nitrogen and oxygen atoms in total. The number of aromatic nitrogens is 2. The number of ether oxygens (including phenoxy) is 1. The standard InChI is InChI=1S/C27H29N3O5/c1-35-25(34)29-19-8-9-20-23(18(19)7-10-22(29)31)28-21(15-17-5-3-2-4-6-17)30(20)27-13-11-26(16-27,12-14-27)24(32)33/h2-6,8-9,22,31H,7,10-16H2,1H3,(H,32,33)/t22-,26?,27?/m0/s1. The van der Waals surface area contributed by atoms with Gasteiger partial charge >= 0.3 is 12.1 Å². The summed E-state index contributed by atoms with van der Waals surface area (Å²) < 4.78 is 7.26. The summed E-state index contributed by atoms with van der Waals surface area (Å²) >= 11 is 0. The molecule has 35 heavy (non-hydrogen) atoms. The molecule has 2 fully saturated rings. The van der Waals surface area contributed by atoms with E-state index in [9.17, 15) is 19.8 Å². The third-order valence-electron chi connectivity index (χ3n) is 8.50. The van der Waals surface area contributed by atoms with Crippen LogP contribution in [0, 0.1) is 5.41 Å². The van der Waals surface area contributed by atoms with E-state index in [1.807, 2.05) is 30.3 Å². The number of amides is 1. The number of anilines is 1. The molecule has 0 radical (unpaired) electrons. The Morgan fingerprint density at radius 1 is 1.11 bits per heavy atom. The van der Waals surface area contributed by atoms with Crippen LogP contribution >= 0.6 is 0 Å². The first kappa shape index (κ1) is 22.1. The Kier molecular flexibility index (Phi) is 4.93. The number of carboxylic acids is 1. The molecule has 2 bridgehead atoms. The van der Waals surface area contributed by atoms with Gasteiger partial charge in [-0.2, -0.15) is 0 Å². The first-order chi connectivity index (χ1) is 16.9. The molecule has 1 aliphatic heterocycles. The number of aryl methyl sites for hydroxylation is 1. The maximum Gasteiger partial charge on any atom is 0.416 e. The van der Waals surface area contributed by atoms with Crippen molar-refractivity contribution >= 4 is 28.8 Å². The third kappa shape index (κ3) is 3.19. The van der Waals surface area contributed by atoms with E-state index in [4.69, 9.17) is 9.72 Å². The van der Waals surface area contributed by atoms with E-state index >= 15 is 0 Å². The first-order valence-electron chi connectivity index (χ1n) is 12.2. The van der Waals surface area contributed by atoms with E-state index in [1.54, 1.807) is 0 Å². The summed E-state index contributed by atoms with van der Waals surface area (Å²) in [7, 11) is 1.31. The molecule has 182 valence electrons. The number of fused-ring (bicyclic) bond motifs is 5. The summed E-state index contributed by atoms with van der Waals surface area (Å²) in [5, 5.41) is 20.5. The summed E-state index contributed by atoms with van der Waals surface area (Å²) in [6.07, 6.45) is 3.69. The lowest BCUT2D eigenvalue weighted by molar-refractivity contribution is -0.148. The van der Waals surface area contributed by atoms with Crippen molar-refractivity contribution in [1.29, 1.82) is 0 Å². The van der Waals surface area contributed by atoms with Gasteiger partial charge in [0.05, 0.1) is 29.2 Å². The van der Waals surface area contributed by atoms with Crippen LogP contribution in [0.3, 0.4) is 0 Å². The Bertz CT molecular complexity index is 1320. The lowest BCUT2D eigenvalue weighted by Gasteiger charge is -2.34. The van der Waals surface area contributed by atoms with Crippen molar-refractivity contribution in [2.45, 2.75) is 63.1 Å². The number of rotatable bonds is 4. The number of methoxy groups -OCH3 is 1. The van der Waals surface area contributed by atoms with E-state index in [-0.39, 0.29) is 5.54 Å². The molecule has 2 N–H and O–H groups in total. The van der Waals surface area contributed by atoms with Gasteiger partial charge in [0.25, 0.3) is 0 Å². The normalized spacial score (nSPS) is 27.3. The molecule has 2 heterocycles. The van der Waals surface area contributed by atoms with Crippen LogP contribution in [0.15, 0.2) is 42.5 Å². The Morgan fingerprint density at radius 3 is 2.51 bits per heavy atom. The SMILES string of the molecule is COC(=O)N1c2ccc3c(nc(Cc4ccccc4)n3C34CCC(C(=O)O)(CC3)C4)c2CC[C@@H]1O. The average Bonchev–Trinajstić information content (AvgIpc) is 3.55. The highest BCUT2D eigenvalue weighted by molar-refractivity contribution is 5.95. The minimum absolute atomic E-state index is 0.276. The number of aliphatic hydroxyl groups is 1. The van der Waals surface area contributed by atoms with Gasteiger partial charge in [0, 0.05) is 17.5 Å². The maximum atomic E-state index is 12.5. The number of carbonyl (C=O) groups excluding carboxylic acids is 1. The number of benzene rings is 2. The summed E-state index contributed by atoms with van der Waals surface area (Å²) in [4.78, 5) is 31.1. The van der Waals surface area contributed by atoms with Crippen molar-refractivity contribution < 1.29 is 24.5 Å². The molecular formula is C27H29N3O5. The van der Waals surface area contributed by atoms with Gasteiger partial charge in [0.1, 0.15) is 12.1 Å². The molecule has 1 aromatic heterocycles. The highest BCUT2D eigenvalue weighted by atomic mass is 16.5. The number of hydrogen-bond acceptors (Lipinski definition) is 5. The minimum atomic E-state index is -0.947. The molecular weight excluding hydrogens is 446 g/mol. The summed E-state index contributed by atoms with van der Waals surface area (Å²) in [6.45, 7) is 0. The average molecular weight is 476 g/mol. The largest absolute Gasteiger partial charge is 0.481 e. The number of imidazole rings is 1. The highest BCUT2D eigenvalue weighted by Gasteiger charge is 2.60. The van der Waals surface area contributed by atoms with Gasteiger partial charge in [-0.15, -0.1) is 0 Å². The molecule has 2 aliphatic carbocycles. The van der Waals surface area contributed by atoms with Crippen LogP contribution in [0.2, 0.25) is 0 Å². The molecule has 0 spiro atoms. The van der Waals surface area contributed by atoms with Gasteiger partial charge in [-0.05, 0) is 62.6 Å². The number of hydrogen-bond donors (Lipinski definition) is 2. The van der Waals surface area contributed by atoms with Gasteiger partial charge < -0.3 is 19.5 Å². The number of aliphatic carboxylic acids is 1. The zero-order chi connectivity index (χ0) is 24.4. The van der Waals surface area contributed by atoms with Crippen molar-refractivity contribution in [3.8, 4) is 0 Å².